The number of rotatable bonds is 39. The summed E-state index contributed by atoms with van der Waals surface area (Å²) in [5, 5.41) is 0. The van der Waals surface area contributed by atoms with Gasteiger partial charge in [0.25, 0.3) is 0 Å². The minimum Gasteiger partial charge on any atom is -0.462 e. The maximum Gasteiger partial charge on any atom is 0.306 e. The van der Waals surface area contributed by atoms with Gasteiger partial charge in [0, 0.05) is 19.3 Å². The summed E-state index contributed by atoms with van der Waals surface area (Å²) in [6.45, 7) is 6.24. The number of unbranched alkanes of at least 4 members (excludes halogenated alkanes) is 10. The number of carbonyl (C=O) groups is 3. The molecule has 0 N–H and O–H groups in total. The summed E-state index contributed by atoms with van der Waals surface area (Å²) in [5.41, 5.74) is 0. The largest absolute Gasteiger partial charge is 0.462 e. The van der Waals surface area contributed by atoms with Crippen molar-refractivity contribution in [3.63, 3.8) is 0 Å². The molecular formula is C52H82O6. The fourth-order valence-electron chi connectivity index (χ4n) is 5.61. The highest BCUT2D eigenvalue weighted by atomic mass is 16.6. The Morgan fingerprint density at radius 1 is 0.362 bits per heavy atom. The Kier molecular flexibility index (Phi) is 42.7. The normalized spacial score (nSPS) is 13.1. The van der Waals surface area contributed by atoms with E-state index < -0.39 is 6.10 Å². The van der Waals surface area contributed by atoms with Crippen molar-refractivity contribution in [3.8, 4) is 0 Å². The Morgan fingerprint density at radius 2 is 0.690 bits per heavy atom. The zero-order valence-electron chi connectivity index (χ0n) is 37.0. The number of hydrogen-bond donors (Lipinski definition) is 0. The molecule has 6 nitrogen and oxygen atoms in total. The van der Waals surface area contributed by atoms with Crippen LogP contribution in [0, 0.1) is 0 Å². The highest BCUT2D eigenvalue weighted by molar-refractivity contribution is 5.71. The Bertz CT molecular complexity index is 1240. The van der Waals surface area contributed by atoms with Gasteiger partial charge in [-0.05, 0) is 109 Å². The van der Waals surface area contributed by atoms with Crippen LogP contribution < -0.4 is 0 Å². The molecular weight excluding hydrogens is 721 g/mol. The molecule has 0 aromatic rings. The summed E-state index contributed by atoms with van der Waals surface area (Å²) in [7, 11) is 0. The third kappa shape index (κ3) is 43.2. The lowest BCUT2D eigenvalue weighted by molar-refractivity contribution is -0.167. The monoisotopic (exact) mass is 803 g/mol. The fourth-order valence-corrected chi connectivity index (χ4v) is 5.61. The van der Waals surface area contributed by atoms with Crippen molar-refractivity contribution in [2.45, 2.75) is 187 Å². The molecule has 0 rings (SSSR count). The lowest BCUT2D eigenvalue weighted by Crippen LogP contribution is -2.30. The second-order valence-electron chi connectivity index (χ2n) is 14.5. The standard InChI is InChI=1S/C52H82O6/c1-4-7-10-13-16-19-22-24-25-26-27-28-31-33-36-39-42-45-51(54)57-48-49(47-56-50(53)44-41-38-35-32-29-21-18-15-12-9-6-3)58-52(55)46-43-40-37-34-30-23-20-17-14-11-8-5-2/h8-9,11-12,16-21,24-25,27-28,32-33,35-36,49H,4-7,10,13-15,22-23,26,29-31,34,37-48H2,1-3H3/b11-8-,12-9-,19-16-,20-17-,21-18-,25-24-,28-27-,35-32-,36-33-. The van der Waals surface area contributed by atoms with Gasteiger partial charge >= 0.3 is 17.9 Å². The van der Waals surface area contributed by atoms with E-state index in [-0.39, 0.29) is 50.4 Å². The lowest BCUT2D eigenvalue weighted by atomic mass is 10.1. The first-order chi connectivity index (χ1) is 28.5. The van der Waals surface area contributed by atoms with Gasteiger partial charge < -0.3 is 14.2 Å². The molecule has 0 saturated carbocycles. The Labute approximate surface area is 355 Å². The van der Waals surface area contributed by atoms with Gasteiger partial charge in [0.2, 0.25) is 0 Å². The van der Waals surface area contributed by atoms with Crippen molar-refractivity contribution in [1.82, 2.24) is 0 Å². The molecule has 0 radical (unpaired) electrons. The van der Waals surface area contributed by atoms with E-state index in [0.717, 1.165) is 103 Å². The number of carbonyl (C=O) groups excluding carboxylic acids is 3. The maximum absolute atomic E-state index is 12.7. The Balaban J connectivity index is 4.55. The van der Waals surface area contributed by atoms with E-state index in [1.807, 2.05) is 0 Å². The first-order valence-electron chi connectivity index (χ1n) is 22.9. The van der Waals surface area contributed by atoms with Gasteiger partial charge in [-0.2, -0.15) is 0 Å². The predicted molar refractivity (Wildman–Crippen MR) is 247 cm³/mol. The van der Waals surface area contributed by atoms with Crippen LogP contribution in [0.3, 0.4) is 0 Å². The highest BCUT2D eigenvalue weighted by Crippen LogP contribution is 2.11. The molecule has 326 valence electrons. The summed E-state index contributed by atoms with van der Waals surface area (Å²) in [5.74, 6) is -1.06. The van der Waals surface area contributed by atoms with Crippen LogP contribution in [0.15, 0.2) is 109 Å². The van der Waals surface area contributed by atoms with Crippen molar-refractivity contribution in [2.75, 3.05) is 13.2 Å². The molecule has 6 heteroatoms. The van der Waals surface area contributed by atoms with E-state index in [1.165, 1.54) is 25.7 Å². The molecule has 0 bridgehead atoms. The topological polar surface area (TPSA) is 78.9 Å². The van der Waals surface area contributed by atoms with Crippen LogP contribution >= 0.6 is 0 Å². The second kappa shape index (κ2) is 45.8. The van der Waals surface area contributed by atoms with Gasteiger partial charge in [0.05, 0.1) is 0 Å². The van der Waals surface area contributed by atoms with Crippen molar-refractivity contribution in [2.24, 2.45) is 0 Å². The molecule has 1 atom stereocenters. The summed E-state index contributed by atoms with van der Waals surface area (Å²) in [4.78, 5) is 37.7. The molecule has 0 aliphatic rings. The molecule has 0 heterocycles. The van der Waals surface area contributed by atoms with E-state index in [1.54, 1.807) is 0 Å². The van der Waals surface area contributed by atoms with Crippen LogP contribution in [-0.2, 0) is 28.6 Å². The highest BCUT2D eigenvalue weighted by Gasteiger charge is 2.19. The quantitative estimate of drug-likeness (QED) is 0.0267. The Morgan fingerprint density at radius 3 is 1.10 bits per heavy atom. The van der Waals surface area contributed by atoms with Gasteiger partial charge in [-0.3, -0.25) is 14.4 Å². The van der Waals surface area contributed by atoms with Crippen LogP contribution in [0.1, 0.15) is 181 Å². The zero-order valence-corrected chi connectivity index (χ0v) is 37.0. The number of ether oxygens (including phenoxy) is 3. The number of hydrogen-bond acceptors (Lipinski definition) is 6. The van der Waals surface area contributed by atoms with E-state index >= 15 is 0 Å². The lowest BCUT2D eigenvalue weighted by Gasteiger charge is -2.18. The molecule has 1 unspecified atom stereocenters. The van der Waals surface area contributed by atoms with Crippen molar-refractivity contribution >= 4 is 17.9 Å². The van der Waals surface area contributed by atoms with Gasteiger partial charge in [0.15, 0.2) is 6.10 Å². The van der Waals surface area contributed by atoms with Crippen LogP contribution in [-0.4, -0.2) is 37.2 Å². The SMILES string of the molecule is CC/C=C\C/C=C\C/C=C\CCCC(=O)OCC(COC(=O)CCC/C=C\C/C=C\C/C=C\C/C=C\CCCCC)OC(=O)CCCCCCC/C=C\C/C=C\CC. The maximum atomic E-state index is 12.7. The predicted octanol–water partition coefficient (Wildman–Crippen LogP) is 14.8. The van der Waals surface area contributed by atoms with E-state index in [0.29, 0.717) is 12.8 Å². The second-order valence-corrected chi connectivity index (χ2v) is 14.5. The van der Waals surface area contributed by atoms with Gasteiger partial charge in [-0.15, -0.1) is 0 Å². The number of esters is 3. The van der Waals surface area contributed by atoms with Crippen LogP contribution in [0.25, 0.3) is 0 Å². The first-order valence-corrected chi connectivity index (χ1v) is 22.9. The van der Waals surface area contributed by atoms with Crippen molar-refractivity contribution in [1.29, 1.82) is 0 Å². The fraction of sp³-hybridized carbons (Fsp3) is 0.596. The molecule has 0 spiro atoms. The van der Waals surface area contributed by atoms with Crippen LogP contribution in [0.5, 0.6) is 0 Å². The molecule has 0 saturated heterocycles. The third-order valence-corrected chi connectivity index (χ3v) is 8.99. The van der Waals surface area contributed by atoms with Gasteiger partial charge in [-0.25, -0.2) is 0 Å². The smallest absolute Gasteiger partial charge is 0.306 e. The van der Waals surface area contributed by atoms with Crippen molar-refractivity contribution in [3.05, 3.63) is 109 Å². The molecule has 0 aromatic carbocycles. The molecule has 0 amide bonds. The Hall–Kier alpha value is -3.93. The molecule has 0 aromatic heterocycles. The summed E-state index contributed by atoms with van der Waals surface area (Å²) < 4.78 is 16.6. The van der Waals surface area contributed by atoms with Gasteiger partial charge in [0.1, 0.15) is 13.2 Å². The first kappa shape index (κ1) is 54.1. The zero-order chi connectivity index (χ0) is 42.3. The minimum absolute atomic E-state index is 0.130. The third-order valence-electron chi connectivity index (χ3n) is 8.99. The van der Waals surface area contributed by atoms with Gasteiger partial charge in [-0.1, -0.05) is 162 Å². The molecule has 0 fully saturated rings. The molecule has 58 heavy (non-hydrogen) atoms. The van der Waals surface area contributed by atoms with E-state index in [9.17, 15) is 14.4 Å². The average Bonchev–Trinajstić information content (AvgIpc) is 3.22. The van der Waals surface area contributed by atoms with Crippen molar-refractivity contribution < 1.29 is 28.6 Å². The number of allylic oxidation sites excluding steroid dienone is 18. The summed E-state index contributed by atoms with van der Waals surface area (Å²) in [6.07, 6.45) is 60.9. The van der Waals surface area contributed by atoms with Crippen LogP contribution in [0.2, 0.25) is 0 Å². The van der Waals surface area contributed by atoms with Crippen LogP contribution in [0.4, 0.5) is 0 Å². The molecule has 0 aliphatic heterocycles. The average molecular weight is 803 g/mol. The minimum atomic E-state index is -0.827. The summed E-state index contributed by atoms with van der Waals surface area (Å²) >= 11 is 0. The molecule has 0 aliphatic carbocycles. The van der Waals surface area contributed by atoms with E-state index in [4.69, 9.17) is 14.2 Å². The van der Waals surface area contributed by atoms with E-state index in [2.05, 4.69) is 130 Å². The summed E-state index contributed by atoms with van der Waals surface area (Å²) in [6, 6.07) is 0.